The lowest BCUT2D eigenvalue weighted by Gasteiger charge is -2.37. The highest BCUT2D eigenvalue weighted by Gasteiger charge is 2.23. The monoisotopic (exact) mass is 264 g/mol. The number of rotatable bonds is 3. The zero-order chi connectivity index (χ0) is 14.0. The molecule has 0 bridgehead atoms. The highest BCUT2D eigenvalue weighted by Crippen LogP contribution is 2.29. The molecule has 2 rings (SSSR count). The predicted octanol–water partition coefficient (Wildman–Crippen LogP) is 1.71. The third kappa shape index (κ3) is 2.96. The van der Waals surface area contributed by atoms with Gasteiger partial charge in [0.2, 0.25) is 0 Å². The van der Waals surface area contributed by atoms with E-state index in [1.807, 2.05) is 7.05 Å². The number of nitrogens with two attached hydrogens (primary N) is 1. The topological polar surface area (TPSA) is 75.6 Å². The summed E-state index contributed by atoms with van der Waals surface area (Å²) in [6, 6.07) is 5.08. The first kappa shape index (κ1) is 13.6. The molecule has 1 saturated heterocycles. The van der Waals surface area contributed by atoms with Gasteiger partial charge >= 0.3 is 0 Å². The third-order valence-electron chi connectivity index (χ3n) is 3.75. The lowest BCUT2D eigenvalue weighted by Crippen LogP contribution is -2.45. The van der Waals surface area contributed by atoms with Crippen molar-refractivity contribution in [1.29, 1.82) is 0 Å². The molecule has 6 heteroatoms. The van der Waals surface area contributed by atoms with E-state index in [2.05, 4.69) is 16.8 Å². The molecule has 6 nitrogen and oxygen atoms in total. The summed E-state index contributed by atoms with van der Waals surface area (Å²) in [5, 5.41) is 10.7. The van der Waals surface area contributed by atoms with Gasteiger partial charge in [0.05, 0.1) is 16.3 Å². The van der Waals surface area contributed by atoms with Gasteiger partial charge in [-0.05, 0) is 32.5 Å². The Bertz CT molecular complexity index is 478. The van der Waals surface area contributed by atoms with Crippen LogP contribution in [0.25, 0.3) is 0 Å². The van der Waals surface area contributed by atoms with E-state index < -0.39 is 4.92 Å². The summed E-state index contributed by atoms with van der Waals surface area (Å²) in [4.78, 5) is 14.7. The molecule has 2 N–H and O–H groups in total. The van der Waals surface area contributed by atoms with E-state index in [9.17, 15) is 10.1 Å². The van der Waals surface area contributed by atoms with Crippen LogP contribution in [0.5, 0.6) is 0 Å². The lowest BCUT2D eigenvalue weighted by molar-refractivity contribution is -0.384. The maximum atomic E-state index is 10.7. The Hall–Kier alpha value is -1.82. The number of nitro benzene ring substituents is 1. The minimum Gasteiger partial charge on any atom is -0.397 e. The Balaban J connectivity index is 2.19. The van der Waals surface area contributed by atoms with E-state index in [1.54, 1.807) is 6.07 Å². The van der Waals surface area contributed by atoms with Crippen molar-refractivity contribution in [2.45, 2.75) is 18.9 Å². The Morgan fingerprint density at radius 2 is 2.26 bits per heavy atom. The predicted molar refractivity (Wildman–Crippen MR) is 76.4 cm³/mol. The zero-order valence-electron chi connectivity index (χ0n) is 11.4. The van der Waals surface area contributed by atoms with Gasteiger partial charge in [0, 0.05) is 31.8 Å². The second kappa shape index (κ2) is 5.44. The summed E-state index contributed by atoms with van der Waals surface area (Å²) in [5.41, 5.74) is 7.31. The van der Waals surface area contributed by atoms with E-state index in [0.29, 0.717) is 11.7 Å². The molecule has 1 unspecified atom stereocenters. The van der Waals surface area contributed by atoms with Crippen LogP contribution in [0.15, 0.2) is 18.2 Å². The molecule has 19 heavy (non-hydrogen) atoms. The van der Waals surface area contributed by atoms with Crippen LogP contribution < -0.4 is 10.6 Å². The third-order valence-corrected chi connectivity index (χ3v) is 3.75. The average molecular weight is 264 g/mol. The molecule has 0 aliphatic carbocycles. The number of likely N-dealkylation sites (tertiary alicyclic amines) is 1. The number of anilines is 2. The van der Waals surface area contributed by atoms with Crippen LogP contribution in [0.1, 0.15) is 12.8 Å². The number of non-ortho nitro benzene ring substituents is 1. The highest BCUT2D eigenvalue weighted by molar-refractivity contribution is 5.70. The van der Waals surface area contributed by atoms with Crippen LogP contribution in [-0.2, 0) is 0 Å². The normalized spacial score (nSPS) is 20.2. The molecule has 1 heterocycles. The second-order valence-electron chi connectivity index (χ2n) is 5.17. The fourth-order valence-corrected chi connectivity index (χ4v) is 2.63. The molecule has 0 amide bonds. The van der Waals surface area contributed by atoms with Crippen molar-refractivity contribution >= 4 is 17.1 Å². The lowest BCUT2D eigenvalue weighted by atomic mass is 10.0. The Morgan fingerprint density at radius 3 is 2.84 bits per heavy atom. The van der Waals surface area contributed by atoms with E-state index in [0.717, 1.165) is 25.2 Å². The Kier molecular flexibility index (Phi) is 3.90. The summed E-state index contributed by atoms with van der Waals surface area (Å²) in [7, 11) is 4.11. The second-order valence-corrected chi connectivity index (χ2v) is 5.17. The summed E-state index contributed by atoms with van der Waals surface area (Å²) in [6.45, 7) is 2.12. The summed E-state index contributed by atoms with van der Waals surface area (Å²) >= 11 is 0. The molecule has 1 aromatic carbocycles. The SMILES string of the molecule is CN1CCCC(N(C)c2ccc([N+](=O)[O-])cc2N)C1. The molecule has 104 valence electrons. The largest absolute Gasteiger partial charge is 0.397 e. The average Bonchev–Trinajstić information content (AvgIpc) is 2.37. The maximum Gasteiger partial charge on any atom is 0.271 e. The number of nitro groups is 1. The number of nitrogen functional groups attached to an aromatic ring is 1. The van der Waals surface area contributed by atoms with Gasteiger partial charge in [-0.3, -0.25) is 10.1 Å². The van der Waals surface area contributed by atoms with Crippen molar-refractivity contribution in [2.24, 2.45) is 0 Å². The van der Waals surface area contributed by atoms with Crippen molar-refractivity contribution in [3.05, 3.63) is 28.3 Å². The first-order valence-electron chi connectivity index (χ1n) is 6.44. The molecule has 1 atom stereocenters. The van der Waals surface area contributed by atoms with Crippen LogP contribution in [0, 0.1) is 10.1 Å². The van der Waals surface area contributed by atoms with Gasteiger partial charge < -0.3 is 15.5 Å². The Morgan fingerprint density at radius 1 is 1.53 bits per heavy atom. The number of piperidine rings is 1. The standard InChI is InChI=1S/C13H20N4O2/c1-15-7-3-4-11(9-15)16(2)13-6-5-10(17(18)19)8-12(13)14/h5-6,8,11H,3-4,7,9,14H2,1-2H3. The van der Waals surface area contributed by atoms with Crippen molar-refractivity contribution in [2.75, 3.05) is 37.8 Å². The van der Waals surface area contributed by atoms with Crippen LogP contribution in [0.4, 0.5) is 17.1 Å². The first-order valence-corrected chi connectivity index (χ1v) is 6.44. The minimum absolute atomic E-state index is 0.0374. The van der Waals surface area contributed by atoms with Gasteiger partial charge in [-0.25, -0.2) is 0 Å². The number of nitrogens with zero attached hydrogens (tertiary/aromatic N) is 3. The van der Waals surface area contributed by atoms with Crippen molar-refractivity contribution in [3.63, 3.8) is 0 Å². The van der Waals surface area contributed by atoms with Crippen molar-refractivity contribution in [1.82, 2.24) is 4.90 Å². The van der Waals surface area contributed by atoms with Crippen LogP contribution in [-0.4, -0.2) is 43.0 Å². The number of likely N-dealkylation sites (N-methyl/N-ethyl adjacent to an activating group) is 2. The van der Waals surface area contributed by atoms with E-state index >= 15 is 0 Å². The van der Waals surface area contributed by atoms with Crippen LogP contribution in [0.2, 0.25) is 0 Å². The van der Waals surface area contributed by atoms with Crippen LogP contribution in [0.3, 0.4) is 0 Å². The number of hydrogen-bond donors (Lipinski definition) is 1. The van der Waals surface area contributed by atoms with E-state index in [4.69, 9.17) is 5.73 Å². The molecule has 0 aromatic heterocycles. The molecule has 0 saturated carbocycles. The van der Waals surface area contributed by atoms with Crippen LogP contribution >= 0.6 is 0 Å². The summed E-state index contributed by atoms with van der Waals surface area (Å²) in [6.07, 6.45) is 2.29. The fraction of sp³-hybridized carbons (Fsp3) is 0.538. The molecular weight excluding hydrogens is 244 g/mol. The van der Waals surface area contributed by atoms with Crippen molar-refractivity contribution < 1.29 is 4.92 Å². The smallest absolute Gasteiger partial charge is 0.271 e. The van der Waals surface area contributed by atoms with Gasteiger partial charge in [0.25, 0.3) is 5.69 Å². The molecule has 0 spiro atoms. The number of hydrogen-bond acceptors (Lipinski definition) is 5. The maximum absolute atomic E-state index is 10.7. The number of benzene rings is 1. The summed E-state index contributed by atoms with van der Waals surface area (Å²) in [5.74, 6) is 0. The minimum atomic E-state index is -0.422. The molecule has 1 aromatic rings. The van der Waals surface area contributed by atoms with E-state index in [1.165, 1.54) is 18.6 Å². The van der Waals surface area contributed by atoms with Crippen molar-refractivity contribution in [3.8, 4) is 0 Å². The van der Waals surface area contributed by atoms with Gasteiger partial charge in [-0.15, -0.1) is 0 Å². The summed E-state index contributed by atoms with van der Waals surface area (Å²) < 4.78 is 0. The van der Waals surface area contributed by atoms with Gasteiger partial charge in [0.1, 0.15) is 0 Å². The first-order chi connectivity index (χ1) is 8.99. The molecular formula is C13H20N4O2. The highest BCUT2D eigenvalue weighted by atomic mass is 16.6. The molecule has 0 radical (unpaired) electrons. The molecule has 1 fully saturated rings. The molecule has 1 aliphatic heterocycles. The van der Waals surface area contributed by atoms with Gasteiger partial charge in [0.15, 0.2) is 0 Å². The van der Waals surface area contributed by atoms with E-state index in [-0.39, 0.29) is 5.69 Å². The van der Waals surface area contributed by atoms with Gasteiger partial charge in [-0.2, -0.15) is 0 Å². The Labute approximate surface area is 112 Å². The molecule has 1 aliphatic rings. The quantitative estimate of drug-likeness (QED) is 0.511. The fourth-order valence-electron chi connectivity index (χ4n) is 2.63. The van der Waals surface area contributed by atoms with Gasteiger partial charge in [-0.1, -0.05) is 0 Å². The zero-order valence-corrected chi connectivity index (χ0v) is 11.4.